The van der Waals surface area contributed by atoms with Crippen LogP contribution in [0.5, 0.6) is 5.75 Å². The molecule has 4 nitrogen and oxygen atoms in total. The van der Waals surface area contributed by atoms with Gasteiger partial charge in [-0.3, -0.25) is 0 Å². The van der Waals surface area contributed by atoms with E-state index < -0.39 is 0 Å². The summed E-state index contributed by atoms with van der Waals surface area (Å²) in [6.07, 6.45) is 3.65. The van der Waals surface area contributed by atoms with Gasteiger partial charge in [0.25, 0.3) is 0 Å². The summed E-state index contributed by atoms with van der Waals surface area (Å²) in [6.45, 7) is 0. The molecule has 2 heterocycles. The predicted molar refractivity (Wildman–Crippen MR) is 106 cm³/mol. The van der Waals surface area contributed by atoms with Crippen molar-refractivity contribution >= 4 is 28.9 Å². The largest absolute Gasteiger partial charge is 0.497 e. The lowest BCUT2D eigenvalue weighted by molar-refractivity contribution is 0.414. The molecule has 4 aromatic rings. The van der Waals surface area contributed by atoms with Crippen LogP contribution in [0.1, 0.15) is 5.56 Å². The van der Waals surface area contributed by atoms with Gasteiger partial charge in [-0.15, -0.1) is 0 Å². The summed E-state index contributed by atoms with van der Waals surface area (Å²) >= 11 is 7.67. The van der Waals surface area contributed by atoms with E-state index in [1.165, 1.54) is 5.56 Å². The Balaban J connectivity index is 1.59. The number of thioether (sulfide) groups is 1. The highest BCUT2D eigenvalue weighted by Crippen LogP contribution is 2.29. The number of halogens is 1. The number of hydrogen-bond acceptors (Lipinski definition) is 4. The Bertz CT molecular complexity index is 1030. The Morgan fingerprint density at radius 1 is 1.08 bits per heavy atom. The highest BCUT2D eigenvalue weighted by atomic mass is 35.5. The molecule has 2 aromatic carbocycles. The highest BCUT2D eigenvalue weighted by molar-refractivity contribution is 7.98. The van der Waals surface area contributed by atoms with Crippen LogP contribution in [0.3, 0.4) is 0 Å². The minimum atomic E-state index is 0.718. The van der Waals surface area contributed by atoms with Gasteiger partial charge in [-0.05, 0) is 35.9 Å². The second kappa shape index (κ2) is 7.40. The van der Waals surface area contributed by atoms with Gasteiger partial charge in [0.05, 0.1) is 18.3 Å². The molecule has 0 unspecified atom stereocenters. The molecule has 0 radical (unpaired) electrons. The minimum Gasteiger partial charge on any atom is -0.497 e. The number of benzene rings is 2. The maximum atomic E-state index is 5.97. The van der Waals surface area contributed by atoms with Gasteiger partial charge in [-0.1, -0.05) is 47.6 Å². The maximum Gasteiger partial charge on any atom is 0.122 e. The monoisotopic (exact) mass is 381 g/mol. The first-order valence-corrected chi connectivity index (χ1v) is 9.45. The third-order valence-corrected chi connectivity index (χ3v) is 5.35. The van der Waals surface area contributed by atoms with Gasteiger partial charge in [0, 0.05) is 28.7 Å². The van der Waals surface area contributed by atoms with E-state index in [1.807, 2.05) is 47.1 Å². The zero-order valence-electron chi connectivity index (χ0n) is 14.1. The van der Waals surface area contributed by atoms with Crippen LogP contribution in [0.4, 0.5) is 0 Å². The molecule has 0 saturated heterocycles. The second-order valence-corrected chi connectivity index (χ2v) is 7.14. The zero-order chi connectivity index (χ0) is 17.9. The fourth-order valence-corrected chi connectivity index (χ4v) is 3.70. The molecule has 0 spiro atoms. The normalized spacial score (nSPS) is 11.0. The van der Waals surface area contributed by atoms with Gasteiger partial charge >= 0.3 is 0 Å². The molecule has 0 fully saturated rings. The summed E-state index contributed by atoms with van der Waals surface area (Å²) < 4.78 is 7.07. The van der Waals surface area contributed by atoms with Crippen LogP contribution >= 0.6 is 23.4 Å². The van der Waals surface area contributed by atoms with Gasteiger partial charge in [0.15, 0.2) is 0 Å². The van der Waals surface area contributed by atoms with Crippen LogP contribution in [0.2, 0.25) is 5.02 Å². The van der Waals surface area contributed by atoms with E-state index in [9.17, 15) is 0 Å². The molecule has 0 bridgehead atoms. The molecule has 0 aliphatic heterocycles. The molecule has 0 amide bonds. The van der Waals surface area contributed by atoms with E-state index in [4.69, 9.17) is 16.3 Å². The van der Waals surface area contributed by atoms with Crippen LogP contribution < -0.4 is 4.74 Å². The summed E-state index contributed by atoms with van der Waals surface area (Å²) in [5.74, 6) is 1.69. The fourth-order valence-electron chi connectivity index (χ4n) is 2.64. The summed E-state index contributed by atoms with van der Waals surface area (Å²) in [5, 5.41) is 6.33. The van der Waals surface area contributed by atoms with Crippen molar-refractivity contribution in [1.82, 2.24) is 14.6 Å². The lowest BCUT2D eigenvalue weighted by Crippen LogP contribution is -1.91. The number of aromatic nitrogens is 3. The Morgan fingerprint density at radius 3 is 2.58 bits per heavy atom. The summed E-state index contributed by atoms with van der Waals surface area (Å²) in [4.78, 5) is 4.53. The van der Waals surface area contributed by atoms with Gasteiger partial charge < -0.3 is 4.74 Å². The number of hydrogen-bond donors (Lipinski definition) is 0. The van der Waals surface area contributed by atoms with Crippen LogP contribution in [-0.2, 0) is 5.75 Å². The van der Waals surface area contributed by atoms with Crippen molar-refractivity contribution < 1.29 is 4.74 Å². The molecule has 0 saturated carbocycles. The smallest absolute Gasteiger partial charge is 0.122 e. The lowest BCUT2D eigenvalue weighted by atomic mass is 10.1. The third-order valence-electron chi connectivity index (χ3n) is 4.03. The quantitative estimate of drug-likeness (QED) is 0.437. The number of fused-ring (bicyclic) bond motifs is 1. The molecule has 0 N–H and O–H groups in total. The molecule has 4 rings (SSSR count). The molecule has 0 atom stereocenters. The molecule has 0 aliphatic rings. The maximum absolute atomic E-state index is 5.97. The van der Waals surface area contributed by atoms with E-state index in [0.717, 1.165) is 38.3 Å². The molecular formula is C20H16ClN3OS. The minimum absolute atomic E-state index is 0.718. The Hall–Kier alpha value is -2.50. The summed E-state index contributed by atoms with van der Waals surface area (Å²) in [7, 11) is 1.67. The van der Waals surface area contributed by atoms with Gasteiger partial charge in [-0.2, -0.15) is 5.10 Å². The van der Waals surface area contributed by atoms with E-state index >= 15 is 0 Å². The molecule has 6 heteroatoms. The fraction of sp³-hybridized carbons (Fsp3) is 0.100. The second-order valence-electron chi connectivity index (χ2n) is 5.74. The molecular weight excluding hydrogens is 366 g/mol. The van der Waals surface area contributed by atoms with Crippen molar-refractivity contribution in [3.63, 3.8) is 0 Å². The first-order chi connectivity index (χ1) is 12.7. The van der Waals surface area contributed by atoms with Crippen LogP contribution in [0.15, 0.2) is 72.0 Å². The van der Waals surface area contributed by atoms with E-state index in [-0.39, 0.29) is 0 Å². The van der Waals surface area contributed by atoms with Gasteiger partial charge in [0.1, 0.15) is 10.8 Å². The van der Waals surface area contributed by atoms with Crippen molar-refractivity contribution in [1.29, 1.82) is 0 Å². The van der Waals surface area contributed by atoms with E-state index in [2.05, 4.69) is 28.3 Å². The molecule has 2 aromatic heterocycles. The lowest BCUT2D eigenvalue weighted by Gasteiger charge is -2.04. The highest BCUT2D eigenvalue weighted by Gasteiger charge is 2.10. The topological polar surface area (TPSA) is 39.4 Å². The molecule has 130 valence electrons. The van der Waals surface area contributed by atoms with Crippen LogP contribution in [0.25, 0.3) is 16.8 Å². The molecule has 26 heavy (non-hydrogen) atoms. The Morgan fingerprint density at radius 2 is 1.85 bits per heavy atom. The van der Waals surface area contributed by atoms with Gasteiger partial charge in [-0.25, -0.2) is 9.50 Å². The predicted octanol–water partition coefficient (Wildman–Crippen LogP) is 5.35. The number of rotatable bonds is 5. The standard InChI is InChI=1S/C20H16ClN3OS/c1-25-17-8-2-14(3-9-17)13-26-20-19-12-18(23-24(19)11-10-22-20)15-4-6-16(21)7-5-15/h2-12H,13H2,1H3. The van der Waals surface area contributed by atoms with Crippen molar-refractivity contribution in [3.05, 3.63) is 77.6 Å². The summed E-state index contributed by atoms with van der Waals surface area (Å²) in [6, 6.07) is 17.8. The third kappa shape index (κ3) is 3.54. The van der Waals surface area contributed by atoms with E-state index in [0.29, 0.717) is 0 Å². The Kier molecular flexibility index (Phi) is 4.82. The SMILES string of the molecule is COc1ccc(CSc2nccn3nc(-c4ccc(Cl)cc4)cc23)cc1. The van der Waals surface area contributed by atoms with E-state index in [1.54, 1.807) is 25.1 Å². The Labute approximate surface area is 160 Å². The number of methoxy groups -OCH3 is 1. The van der Waals surface area contributed by atoms with Gasteiger partial charge in [0.2, 0.25) is 0 Å². The summed E-state index contributed by atoms with van der Waals surface area (Å²) in [5.41, 5.74) is 4.15. The van der Waals surface area contributed by atoms with Crippen LogP contribution in [-0.4, -0.2) is 21.7 Å². The molecule has 0 aliphatic carbocycles. The average molecular weight is 382 g/mol. The number of nitrogens with zero attached hydrogens (tertiary/aromatic N) is 3. The number of ether oxygens (including phenoxy) is 1. The first kappa shape index (κ1) is 16.9. The first-order valence-electron chi connectivity index (χ1n) is 8.09. The van der Waals surface area contributed by atoms with Crippen molar-refractivity contribution in [2.75, 3.05) is 7.11 Å². The van der Waals surface area contributed by atoms with Crippen molar-refractivity contribution in [3.8, 4) is 17.0 Å². The van der Waals surface area contributed by atoms with Crippen molar-refractivity contribution in [2.45, 2.75) is 10.8 Å². The zero-order valence-corrected chi connectivity index (χ0v) is 15.7. The van der Waals surface area contributed by atoms with Crippen molar-refractivity contribution in [2.24, 2.45) is 0 Å². The van der Waals surface area contributed by atoms with Crippen LogP contribution in [0, 0.1) is 0 Å². The average Bonchev–Trinajstić information content (AvgIpc) is 3.12.